The molecule has 7 heteroatoms. The zero-order valence-corrected chi connectivity index (χ0v) is 16.3. The fourth-order valence-corrected chi connectivity index (χ4v) is 3.81. The Labute approximate surface area is 161 Å². The third-order valence-corrected chi connectivity index (χ3v) is 5.11. The standard InChI is InChI=1S/C19H22BrN3O3/c1-13-11-23(4-5-24-13)18-3-2-14(10-22-18)8-21-9-15-6-16(20)19-17(7-15)25-12-26-19/h2-3,6-7,10,13,21H,4-5,8-9,11-12H2,1H3. The number of rotatable bonds is 5. The summed E-state index contributed by atoms with van der Waals surface area (Å²) >= 11 is 3.53. The molecule has 138 valence electrons. The van der Waals surface area contributed by atoms with Crippen LogP contribution in [-0.4, -0.2) is 37.6 Å². The van der Waals surface area contributed by atoms with Crippen molar-refractivity contribution in [2.75, 3.05) is 31.4 Å². The number of aromatic nitrogens is 1. The van der Waals surface area contributed by atoms with Crippen LogP contribution in [0.5, 0.6) is 11.5 Å². The van der Waals surface area contributed by atoms with Crippen LogP contribution >= 0.6 is 15.9 Å². The number of nitrogens with zero attached hydrogens (tertiary/aromatic N) is 2. The molecule has 0 radical (unpaired) electrons. The molecule has 1 aromatic carbocycles. The summed E-state index contributed by atoms with van der Waals surface area (Å²) in [5, 5.41) is 3.45. The van der Waals surface area contributed by atoms with Gasteiger partial charge in [0.05, 0.1) is 17.2 Å². The van der Waals surface area contributed by atoms with E-state index in [0.29, 0.717) is 0 Å². The molecule has 0 spiro atoms. The second kappa shape index (κ2) is 7.82. The minimum absolute atomic E-state index is 0.257. The maximum absolute atomic E-state index is 5.58. The molecular weight excluding hydrogens is 398 g/mol. The molecule has 0 bridgehead atoms. The SMILES string of the molecule is CC1CN(c2ccc(CNCc3cc(Br)c4c(c3)OCO4)cn2)CCO1. The van der Waals surface area contributed by atoms with Crippen molar-refractivity contribution in [3.05, 3.63) is 46.1 Å². The van der Waals surface area contributed by atoms with Gasteiger partial charge in [0.25, 0.3) is 0 Å². The first kappa shape index (κ1) is 17.6. The fraction of sp³-hybridized carbons (Fsp3) is 0.421. The Balaban J connectivity index is 1.32. The highest BCUT2D eigenvalue weighted by molar-refractivity contribution is 9.10. The van der Waals surface area contributed by atoms with E-state index in [0.717, 1.165) is 65.7 Å². The predicted molar refractivity (Wildman–Crippen MR) is 103 cm³/mol. The molecule has 2 aromatic rings. The first-order valence-corrected chi connectivity index (χ1v) is 9.58. The number of morpholine rings is 1. The Kier molecular flexibility index (Phi) is 5.28. The van der Waals surface area contributed by atoms with Crippen LogP contribution in [-0.2, 0) is 17.8 Å². The summed E-state index contributed by atoms with van der Waals surface area (Å²) < 4.78 is 17.4. The van der Waals surface area contributed by atoms with Gasteiger partial charge in [-0.2, -0.15) is 0 Å². The molecule has 0 saturated carbocycles. The second-order valence-corrected chi connectivity index (χ2v) is 7.42. The van der Waals surface area contributed by atoms with E-state index in [9.17, 15) is 0 Å². The largest absolute Gasteiger partial charge is 0.454 e. The molecule has 0 aliphatic carbocycles. The van der Waals surface area contributed by atoms with Crippen molar-refractivity contribution in [2.45, 2.75) is 26.1 Å². The third kappa shape index (κ3) is 3.95. The summed E-state index contributed by atoms with van der Waals surface area (Å²) in [4.78, 5) is 6.88. The maximum atomic E-state index is 5.58. The smallest absolute Gasteiger partial charge is 0.231 e. The van der Waals surface area contributed by atoms with Crippen LogP contribution in [0.1, 0.15) is 18.1 Å². The van der Waals surface area contributed by atoms with E-state index in [1.165, 1.54) is 0 Å². The van der Waals surface area contributed by atoms with Crippen LogP contribution in [0.2, 0.25) is 0 Å². The Morgan fingerprint density at radius 3 is 2.92 bits per heavy atom. The third-order valence-electron chi connectivity index (χ3n) is 4.52. The first-order valence-electron chi connectivity index (χ1n) is 8.79. The maximum Gasteiger partial charge on any atom is 0.231 e. The van der Waals surface area contributed by atoms with Gasteiger partial charge in [-0.25, -0.2) is 4.98 Å². The van der Waals surface area contributed by atoms with Crippen LogP contribution in [0, 0.1) is 0 Å². The van der Waals surface area contributed by atoms with E-state index < -0.39 is 0 Å². The van der Waals surface area contributed by atoms with Crippen LogP contribution in [0.15, 0.2) is 34.9 Å². The zero-order valence-electron chi connectivity index (χ0n) is 14.7. The molecule has 4 rings (SSSR count). The number of hydrogen-bond acceptors (Lipinski definition) is 6. The number of halogens is 1. The van der Waals surface area contributed by atoms with E-state index in [2.05, 4.69) is 56.3 Å². The van der Waals surface area contributed by atoms with Crippen molar-refractivity contribution in [3.63, 3.8) is 0 Å². The van der Waals surface area contributed by atoms with Gasteiger partial charge in [-0.3, -0.25) is 0 Å². The highest BCUT2D eigenvalue weighted by atomic mass is 79.9. The van der Waals surface area contributed by atoms with Gasteiger partial charge in [-0.1, -0.05) is 6.07 Å². The van der Waals surface area contributed by atoms with Gasteiger partial charge in [0, 0.05) is 32.4 Å². The predicted octanol–water partition coefficient (Wildman–Crippen LogP) is 3.09. The molecule has 1 atom stereocenters. The normalized spacial score (nSPS) is 19.0. The molecule has 3 heterocycles. The minimum atomic E-state index is 0.257. The number of nitrogens with one attached hydrogen (secondary N) is 1. The molecule has 1 N–H and O–H groups in total. The molecule has 1 unspecified atom stereocenters. The highest BCUT2D eigenvalue weighted by Crippen LogP contribution is 2.39. The lowest BCUT2D eigenvalue weighted by Crippen LogP contribution is -2.41. The van der Waals surface area contributed by atoms with Crippen molar-refractivity contribution in [3.8, 4) is 11.5 Å². The first-order chi connectivity index (χ1) is 12.7. The van der Waals surface area contributed by atoms with Crippen molar-refractivity contribution < 1.29 is 14.2 Å². The number of pyridine rings is 1. The summed E-state index contributed by atoms with van der Waals surface area (Å²) in [5.41, 5.74) is 2.31. The van der Waals surface area contributed by atoms with Gasteiger partial charge in [0.2, 0.25) is 6.79 Å². The van der Waals surface area contributed by atoms with Gasteiger partial charge < -0.3 is 24.4 Å². The Morgan fingerprint density at radius 1 is 1.23 bits per heavy atom. The van der Waals surface area contributed by atoms with E-state index >= 15 is 0 Å². The summed E-state index contributed by atoms with van der Waals surface area (Å²) in [6.45, 7) is 6.44. The lowest BCUT2D eigenvalue weighted by molar-refractivity contribution is 0.0529. The molecule has 1 aromatic heterocycles. The molecule has 1 fully saturated rings. The van der Waals surface area contributed by atoms with Crippen LogP contribution < -0.4 is 19.7 Å². The van der Waals surface area contributed by atoms with Crippen LogP contribution in [0.3, 0.4) is 0 Å². The summed E-state index contributed by atoms with van der Waals surface area (Å²) in [7, 11) is 0. The van der Waals surface area contributed by atoms with E-state index in [1.54, 1.807) is 0 Å². The molecule has 26 heavy (non-hydrogen) atoms. The molecule has 6 nitrogen and oxygen atoms in total. The van der Waals surface area contributed by atoms with Crippen molar-refractivity contribution in [1.82, 2.24) is 10.3 Å². The van der Waals surface area contributed by atoms with Crippen LogP contribution in [0.4, 0.5) is 5.82 Å². The molecule has 2 aliphatic heterocycles. The van der Waals surface area contributed by atoms with Gasteiger partial charge in [0.1, 0.15) is 5.82 Å². The number of hydrogen-bond donors (Lipinski definition) is 1. The van der Waals surface area contributed by atoms with Crippen LogP contribution in [0.25, 0.3) is 0 Å². The van der Waals surface area contributed by atoms with E-state index in [4.69, 9.17) is 14.2 Å². The fourth-order valence-electron chi connectivity index (χ4n) is 3.21. The number of benzene rings is 1. The monoisotopic (exact) mass is 419 g/mol. The average molecular weight is 420 g/mol. The zero-order chi connectivity index (χ0) is 17.9. The van der Waals surface area contributed by atoms with Gasteiger partial charge >= 0.3 is 0 Å². The number of fused-ring (bicyclic) bond motifs is 1. The Bertz CT molecular complexity index is 769. The van der Waals surface area contributed by atoms with Crippen molar-refractivity contribution in [1.29, 1.82) is 0 Å². The molecular formula is C19H22BrN3O3. The lowest BCUT2D eigenvalue weighted by atomic mass is 10.2. The van der Waals surface area contributed by atoms with Crippen molar-refractivity contribution >= 4 is 21.7 Å². The summed E-state index contributed by atoms with van der Waals surface area (Å²) in [6, 6.07) is 8.29. The van der Waals surface area contributed by atoms with Gasteiger partial charge in [-0.05, 0) is 52.2 Å². The molecule has 2 aliphatic rings. The van der Waals surface area contributed by atoms with Gasteiger partial charge in [-0.15, -0.1) is 0 Å². The quantitative estimate of drug-likeness (QED) is 0.803. The minimum Gasteiger partial charge on any atom is -0.454 e. The van der Waals surface area contributed by atoms with Crippen molar-refractivity contribution in [2.24, 2.45) is 0 Å². The lowest BCUT2D eigenvalue weighted by Gasteiger charge is -2.32. The Hall–Kier alpha value is -1.83. The Morgan fingerprint density at radius 2 is 2.12 bits per heavy atom. The molecule has 1 saturated heterocycles. The van der Waals surface area contributed by atoms with Gasteiger partial charge in [0.15, 0.2) is 11.5 Å². The second-order valence-electron chi connectivity index (χ2n) is 6.57. The number of anilines is 1. The highest BCUT2D eigenvalue weighted by Gasteiger charge is 2.18. The number of ether oxygens (including phenoxy) is 3. The summed E-state index contributed by atoms with van der Waals surface area (Å²) in [5.74, 6) is 2.59. The molecule has 0 amide bonds. The topological polar surface area (TPSA) is 55.9 Å². The average Bonchev–Trinajstić information content (AvgIpc) is 3.12. The van der Waals surface area contributed by atoms with E-state index in [1.807, 2.05) is 12.3 Å². The summed E-state index contributed by atoms with van der Waals surface area (Å²) in [6.07, 6.45) is 2.20. The van der Waals surface area contributed by atoms with E-state index in [-0.39, 0.29) is 12.9 Å².